The summed E-state index contributed by atoms with van der Waals surface area (Å²) in [6, 6.07) is 7.89. The second kappa shape index (κ2) is 9.45. The van der Waals surface area contributed by atoms with Gasteiger partial charge in [0.15, 0.2) is 5.89 Å². The molecule has 0 radical (unpaired) electrons. The first-order chi connectivity index (χ1) is 19.8. The summed E-state index contributed by atoms with van der Waals surface area (Å²) in [5, 5.41) is 3.60. The van der Waals surface area contributed by atoms with Crippen molar-refractivity contribution >= 4 is 22.9 Å². The van der Waals surface area contributed by atoms with E-state index in [1.807, 2.05) is 40.5 Å². The molecule has 3 aromatic rings. The Morgan fingerprint density at radius 3 is 2.41 bits per heavy atom. The minimum atomic E-state index is -2.76. The summed E-state index contributed by atoms with van der Waals surface area (Å²) in [5.41, 5.74) is 3.92. The number of rotatable bonds is 8. The van der Waals surface area contributed by atoms with Crippen molar-refractivity contribution in [3.8, 4) is 11.3 Å². The molecule has 0 spiro atoms. The summed E-state index contributed by atoms with van der Waals surface area (Å²) in [5.74, 6) is -1.66. The molecule has 2 bridgehead atoms. The smallest absolute Gasteiger partial charge is 0.248 e. The lowest BCUT2D eigenvalue weighted by atomic mass is 9.53. The maximum absolute atomic E-state index is 14.2. The first-order valence-corrected chi connectivity index (χ1v) is 16.4. The van der Waals surface area contributed by atoms with Gasteiger partial charge in [0.25, 0.3) is 0 Å². The van der Waals surface area contributed by atoms with Crippen molar-refractivity contribution < 1.29 is 18.0 Å². The number of hydrogen-bond donors (Lipinski definition) is 0. The van der Waals surface area contributed by atoms with Crippen LogP contribution in [0.15, 0.2) is 40.3 Å². The van der Waals surface area contributed by atoms with Gasteiger partial charge in [0, 0.05) is 59.2 Å². The highest BCUT2D eigenvalue weighted by Gasteiger charge is 2.52. The van der Waals surface area contributed by atoms with Gasteiger partial charge in [0.1, 0.15) is 12.0 Å². The Bertz CT molecular complexity index is 1450. The molecule has 2 heterocycles. The molecule has 1 unspecified atom stereocenters. The van der Waals surface area contributed by atoms with Gasteiger partial charge in [-0.15, -0.1) is 11.3 Å². The largest absolute Gasteiger partial charge is 0.448 e. The van der Waals surface area contributed by atoms with E-state index in [9.17, 15) is 13.6 Å². The fraction of sp³-hybridized carbons (Fsp3) is 0.606. The van der Waals surface area contributed by atoms with Crippen LogP contribution in [0.2, 0.25) is 0 Å². The van der Waals surface area contributed by atoms with Gasteiger partial charge in [-0.05, 0) is 88.2 Å². The molecule has 6 aliphatic carbocycles. The zero-order chi connectivity index (χ0) is 27.8. The number of hydrogen-bond acceptors (Lipinski definition) is 5. The van der Waals surface area contributed by atoms with Crippen LogP contribution in [-0.2, 0) is 10.2 Å². The third kappa shape index (κ3) is 4.84. The molecule has 5 nitrogen and oxygen atoms in total. The van der Waals surface area contributed by atoms with Crippen LogP contribution in [0.1, 0.15) is 112 Å². The van der Waals surface area contributed by atoms with Crippen molar-refractivity contribution in [1.29, 1.82) is 0 Å². The number of aromatic nitrogens is 2. The molecule has 1 atom stereocenters. The van der Waals surface area contributed by atoms with Crippen molar-refractivity contribution in [2.75, 3.05) is 11.4 Å². The molecule has 6 saturated carbocycles. The Morgan fingerprint density at radius 2 is 1.73 bits per heavy atom. The summed E-state index contributed by atoms with van der Waals surface area (Å²) < 4.78 is 34.2. The van der Waals surface area contributed by atoms with Gasteiger partial charge in [-0.3, -0.25) is 4.79 Å². The number of carbonyl (C=O) groups excluding carboxylic acids is 1. The summed E-state index contributed by atoms with van der Waals surface area (Å²) in [6.45, 7) is 0.588. The number of oxazole rings is 1. The maximum Gasteiger partial charge on any atom is 0.248 e. The second-order valence-corrected chi connectivity index (χ2v) is 14.6. The van der Waals surface area contributed by atoms with Gasteiger partial charge in [0.05, 0.1) is 10.7 Å². The molecular formula is C33H37F2N3O2S. The van der Waals surface area contributed by atoms with E-state index in [-0.39, 0.29) is 36.0 Å². The predicted molar refractivity (Wildman–Crippen MR) is 154 cm³/mol. The molecule has 6 fully saturated rings. The second-order valence-electron chi connectivity index (χ2n) is 13.7. The standard InChI is InChI=1S/C33H37F2N3O2S/c34-33(35)9-8-24(17-33)29(39)38(25-3-1-2-23(16-25)26-18-40-28(36-26)22-6-7-22)20-31-10-13-32(14-11-31,15-12-31)30-37-27(19-41-30)21-4-5-21/h1-3,16,18-19,21-22,24H,4-15,17,20H2. The maximum atomic E-state index is 14.2. The van der Waals surface area contributed by atoms with Crippen molar-refractivity contribution in [3.05, 3.63) is 52.5 Å². The van der Waals surface area contributed by atoms with Crippen LogP contribution in [-0.4, -0.2) is 28.3 Å². The summed E-state index contributed by atoms with van der Waals surface area (Å²) in [6.07, 6.45) is 12.6. The summed E-state index contributed by atoms with van der Waals surface area (Å²) >= 11 is 1.85. The number of benzene rings is 1. The van der Waals surface area contributed by atoms with E-state index in [0.717, 1.165) is 74.2 Å². The quantitative estimate of drug-likeness (QED) is 0.269. The zero-order valence-corrected chi connectivity index (χ0v) is 24.2. The van der Waals surface area contributed by atoms with Gasteiger partial charge in [0.2, 0.25) is 11.8 Å². The van der Waals surface area contributed by atoms with Crippen molar-refractivity contribution in [3.63, 3.8) is 0 Å². The molecular weight excluding hydrogens is 540 g/mol. The van der Waals surface area contributed by atoms with Crippen molar-refractivity contribution in [1.82, 2.24) is 9.97 Å². The average molecular weight is 578 g/mol. The zero-order valence-electron chi connectivity index (χ0n) is 23.4. The van der Waals surface area contributed by atoms with Crippen LogP contribution in [0.25, 0.3) is 11.3 Å². The van der Waals surface area contributed by atoms with Crippen LogP contribution < -0.4 is 4.90 Å². The van der Waals surface area contributed by atoms with Crippen molar-refractivity contribution in [2.24, 2.45) is 11.3 Å². The van der Waals surface area contributed by atoms with E-state index in [1.165, 1.54) is 23.5 Å². The van der Waals surface area contributed by atoms with Crippen LogP contribution in [0, 0.1) is 11.3 Å². The average Bonchev–Trinajstić information content (AvgIpc) is 3.89. The lowest BCUT2D eigenvalue weighted by Crippen LogP contribution is -2.51. The molecule has 0 aliphatic heterocycles. The fourth-order valence-corrected chi connectivity index (χ4v) is 8.89. The van der Waals surface area contributed by atoms with E-state index >= 15 is 0 Å². The SMILES string of the molecule is O=C(C1CCC(F)(F)C1)N(CC12CCC(c3nc(C4CC4)cs3)(CC1)CC2)c1cccc(-c2coc(C3CC3)n2)c1. The van der Waals surface area contributed by atoms with Crippen LogP contribution in [0.3, 0.4) is 0 Å². The molecule has 41 heavy (non-hydrogen) atoms. The number of halogens is 2. The van der Waals surface area contributed by atoms with E-state index in [1.54, 1.807) is 6.26 Å². The molecule has 0 N–H and O–H groups in total. The number of fused-ring (bicyclic) bond motifs is 3. The highest BCUT2D eigenvalue weighted by atomic mass is 32.1. The number of anilines is 1. The topological polar surface area (TPSA) is 59.2 Å². The minimum absolute atomic E-state index is 0.0121. The lowest BCUT2D eigenvalue weighted by Gasteiger charge is -2.54. The van der Waals surface area contributed by atoms with E-state index in [4.69, 9.17) is 14.4 Å². The number of carbonyl (C=O) groups is 1. The Balaban J connectivity index is 1.06. The first-order valence-electron chi connectivity index (χ1n) is 15.5. The molecule has 216 valence electrons. The van der Waals surface area contributed by atoms with Gasteiger partial charge in [-0.2, -0.15) is 0 Å². The monoisotopic (exact) mass is 577 g/mol. The highest BCUT2D eigenvalue weighted by Crippen LogP contribution is 2.59. The predicted octanol–water partition coefficient (Wildman–Crippen LogP) is 8.61. The molecule has 8 heteroatoms. The molecule has 9 rings (SSSR count). The minimum Gasteiger partial charge on any atom is -0.448 e. The molecule has 6 aliphatic rings. The Morgan fingerprint density at radius 1 is 0.976 bits per heavy atom. The number of alkyl halides is 2. The van der Waals surface area contributed by atoms with E-state index in [0.29, 0.717) is 18.4 Å². The Kier molecular flexibility index (Phi) is 6.00. The summed E-state index contributed by atoms with van der Waals surface area (Å²) in [4.78, 5) is 25.7. The van der Waals surface area contributed by atoms with Crippen LogP contribution in [0.5, 0.6) is 0 Å². The van der Waals surface area contributed by atoms with E-state index in [2.05, 4.69) is 5.38 Å². The van der Waals surface area contributed by atoms with Gasteiger partial charge in [-0.1, -0.05) is 12.1 Å². The molecule has 2 aromatic heterocycles. The summed E-state index contributed by atoms with van der Waals surface area (Å²) in [7, 11) is 0. The third-order valence-electron chi connectivity index (χ3n) is 10.8. The number of nitrogens with zero attached hydrogens (tertiary/aromatic N) is 3. The molecule has 1 amide bonds. The van der Waals surface area contributed by atoms with Crippen molar-refractivity contribution in [2.45, 2.75) is 107 Å². The number of thiazole rings is 1. The first kappa shape index (κ1) is 26.1. The van der Waals surface area contributed by atoms with E-state index < -0.39 is 11.8 Å². The fourth-order valence-electron chi connectivity index (χ4n) is 7.70. The normalized spacial score (nSPS) is 30.5. The lowest BCUT2D eigenvalue weighted by molar-refractivity contribution is -0.124. The van der Waals surface area contributed by atoms with Gasteiger partial charge < -0.3 is 9.32 Å². The van der Waals surface area contributed by atoms with Crippen LogP contribution in [0.4, 0.5) is 14.5 Å². The van der Waals surface area contributed by atoms with Gasteiger partial charge >= 0.3 is 0 Å². The third-order valence-corrected chi connectivity index (χ3v) is 11.9. The number of amides is 1. The van der Waals surface area contributed by atoms with Crippen LogP contribution >= 0.6 is 11.3 Å². The Hall–Kier alpha value is -2.61. The van der Waals surface area contributed by atoms with Gasteiger partial charge in [-0.25, -0.2) is 18.7 Å². The molecule has 0 saturated heterocycles. The molecule has 1 aromatic carbocycles. The highest BCUT2D eigenvalue weighted by molar-refractivity contribution is 7.09. The Labute approximate surface area is 243 Å².